The van der Waals surface area contributed by atoms with Gasteiger partial charge < -0.3 is 9.47 Å². The monoisotopic (exact) mass is 761 g/mol. The Balaban J connectivity index is 1.39. The highest BCUT2D eigenvalue weighted by Gasteiger charge is 2.40. The first-order chi connectivity index (χ1) is 26.9. The van der Waals surface area contributed by atoms with Crippen LogP contribution in [-0.2, 0) is 15.6 Å². The number of anilines is 3. The van der Waals surface area contributed by atoms with Crippen molar-refractivity contribution in [2.45, 2.75) is 132 Å². The van der Waals surface area contributed by atoms with Gasteiger partial charge in [0.15, 0.2) is 0 Å². The number of rotatable bonds is 10. The molecule has 0 aliphatic carbocycles. The van der Waals surface area contributed by atoms with Crippen LogP contribution in [0.2, 0.25) is 0 Å². The number of pyridine rings is 1. The molecular weight excluding hydrogens is 699 g/mol. The Labute approximate surface area is 342 Å². The van der Waals surface area contributed by atoms with Crippen LogP contribution in [-0.4, -0.2) is 23.0 Å². The number of nitrogens with zero attached hydrogens (tertiary/aromatic N) is 3. The number of aromatic nitrogens is 1. The average Bonchev–Trinajstić information content (AvgIpc) is 3.55. The third-order valence-corrected chi connectivity index (χ3v) is 12.5. The van der Waals surface area contributed by atoms with E-state index in [1.807, 2.05) is 6.20 Å². The number of hydrogen-bond acceptors (Lipinski definition) is 5. The minimum atomic E-state index is -0.257. The first kappa shape index (κ1) is 40.3. The van der Waals surface area contributed by atoms with Gasteiger partial charge in [0.25, 0.3) is 0 Å². The van der Waals surface area contributed by atoms with E-state index in [1.165, 1.54) is 44.5 Å². The Morgan fingerprint density at radius 2 is 1.40 bits per heavy atom. The van der Waals surface area contributed by atoms with Gasteiger partial charge in [-0.05, 0) is 153 Å². The highest BCUT2D eigenvalue weighted by atomic mass is 16.5. The maximum absolute atomic E-state index is 7.10. The second-order valence-electron chi connectivity index (χ2n) is 18.7. The van der Waals surface area contributed by atoms with E-state index in [2.05, 4.69) is 168 Å². The fraction of sp³-hybridized carbons (Fsp3) is 0.423. The van der Waals surface area contributed by atoms with Crippen molar-refractivity contribution in [2.24, 2.45) is 10.9 Å². The molecule has 4 aromatic carbocycles. The maximum atomic E-state index is 7.10. The van der Waals surface area contributed by atoms with Gasteiger partial charge in [0.2, 0.25) is 5.90 Å². The molecule has 5 nitrogen and oxygen atoms in total. The summed E-state index contributed by atoms with van der Waals surface area (Å²) in [6.07, 6.45) is 6.52. The molecule has 5 heteroatoms. The van der Waals surface area contributed by atoms with Crippen molar-refractivity contribution in [1.29, 1.82) is 0 Å². The summed E-state index contributed by atoms with van der Waals surface area (Å²) in [5.41, 5.74) is 14.8. The van der Waals surface area contributed by atoms with Crippen molar-refractivity contribution in [2.75, 3.05) is 11.5 Å². The summed E-state index contributed by atoms with van der Waals surface area (Å²) in [5.74, 6) is 3.65. The highest BCUT2D eigenvalue weighted by molar-refractivity contribution is 5.97. The Bertz CT molecular complexity index is 2330. The van der Waals surface area contributed by atoms with Gasteiger partial charge in [0, 0.05) is 23.2 Å². The smallest absolute Gasteiger partial charge is 0.216 e. The molecule has 0 unspecified atom stereocenters. The summed E-state index contributed by atoms with van der Waals surface area (Å²) < 4.78 is 13.6. The Kier molecular flexibility index (Phi) is 10.7. The van der Waals surface area contributed by atoms with E-state index >= 15 is 0 Å². The van der Waals surface area contributed by atoms with Gasteiger partial charge in [0.1, 0.15) is 23.9 Å². The standard InChI is InChI=1S/C52H63N3O2/c1-14-16-39(17-15-2)52(13)31-56-49(54-52)38-26-37(48-35(6)22-33(4)23-36(48)7)27-41(28-38)57-46-30-45-43(25-34(46)5)51(11,12)42-24-32(3)18-19-44(42)55(45)47-29-40(20-21-53-47)50(8,9)10/h18-30,39H,14-17,31H2,1-13H3/t52-/m0/s1. The number of hydrogen-bond donors (Lipinski definition) is 0. The SMILES string of the molecule is CCCC(CCC)[C@]1(C)COC(c2cc(Oc3cc4c(cc3C)C(C)(C)c3cc(C)ccc3N4c3cc(C(C)(C)C)ccn3)cc(-c3c(C)cc(C)cc3C)c2)=N1. The first-order valence-corrected chi connectivity index (χ1v) is 21.1. The van der Waals surface area contributed by atoms with E-state index in [4.69, 9.17) is 19.5 Å². The van der Waals surface area contributed by atoms with Crippen molar-refractivity contribution < 1.29 is 9.47 Å². The number of aliphatic imine (C=N–C) groups is 1. The second-order valence-corrected chi connectivity index (χ2v) is 18.7. The summed E-state index contributed by atoms with van der Waals surface area (Å²) in [5, 5.41) is 0. The maximum Gasteiger partial charge on any atom is 0.216 e. The van der Waals surface area contributed by atoms with Crippen LogP contribution in [0.3, 0.4) is 0 Å². The molecule has 298 valence electrons. The molecule has 5 aromatic rings. The van der Waals surface area contributed by atoms with Gasteiger partial charge >= 0.3 is 0 Å². The van der Waals surface area contributed by atoms with Crippen molar-refractivity contribution in [3.05, 3.63) is 129 Å². The molecule has 0 saturated carbocycles. The quantitative estimate of drug-likeness (QED) is 0.142. The molecule has 0 fully saturated rings. The summed E-state index contributed by atoms with van der Waals surface area (Å²) >= 11 is 0. The van der Waals surface area contributed by atoms with Crippen LogP contribution in [0.1, 0.15) is 131 Å². The fourth-order valence-corrected chi connectivity index (χ4v) is 9.37. The third kappa shape index (κ3) is 7.63. The Morgan fingerprint density at radius 1 is 0.737 bits per heavy atom. The van der Waals surface area contributed by atoms with E-state index in [1.54, 1.807) is 0 Å². The second kappa shape index (κ2) is 15.1. The van der Waals surface area contributed by atoms with Gasteiger partial charge in [-0.15, -0.1) is 0 Å². The van der Waals surface area contributed by atoms with Crippen molar-refractivity contribution >= 4 is 23.1 Å². The van der Waals surface area contributed by atoms with Crippen LogP contribution >= 0.6 is 0 Å². The predicted molar refractivity (Wildman–Crippen MR) is 240 cm³/mol. The summed E-state index contributed by atoms with van der Waals surface area (Å²) in [6.45, 7) is 29.8. The number of benzene rings is 4. The molecule has 3 heterocycles. The van der Waals surface area contributed by atoms with Crippen LogP contribution < -0.4 is 9.64 Å². The molecule has 0 spiro atoms. The van der Waals surface area contributed by atoms with Gasteiger partial charge in [-0.25, -0.2) is 9.98 Å². The van der Waals surface area contributed by atoms with Crippen LogP contribution in [0.25, 0.3) is 11.1 Å². The molecule has 0 N–H and O–H groups in total. The molecule has 0 amide bonds. The molecule has 7 rings (SSSR count). The predicted octanol–water partition coefficient (Wildman–Crippen LogP) is 14.2. The summed E-state index contributed by atoms with van der Waals surface area (Å²) in [4.78, 5) is 12.7. The van der Waals surface area contributed by atoms with Crippen LogP contribution in [0.4, 0.5) is 17.2 Å². The zero-order valence-corrected chi connectivity index (χ0v) is 36.8. The normalized spacial score (nSPS) is 17.3. The Morgan fingerprint density at radius 3 is 2.07 bits per heavy atom. The molecule has 57 heavy (non-hydrogen) atoms. The minimum Gasteiger partial charge on any atom is -0.475 e. The Hall–Kier alpha value is -4.90. The van der Waals surface area contributed by atoms with Crippen LogP contribution in [0, 0.1) is 40.5 Å². The number of fused-ring (bicyclic) bond motifs is 2. The topological polar surface area (TPSA) is 47.0 Å². The molecule has 0 radical (unpaired) electrons. The zero-order valence-electron chi connectivity index (χ0n) is 36.8. The van der Waals surface area contributed by atoms with Crippen LogP contribution in [0.5, 0.6) is 11.5 Å². The largest absolute Gasteiger partial charge is 0.475 e. The molecule has 0 saturated heterocycles. The molecular formula is C52H63N3O2. The van der Waals surface area contributed by atoms with E-state index < -0.39 is 0 Å². The lowest BCUT2D eigenvalue weighted by atomic mass is 9.72. The molecule has 2 aliphatic rings. The van der Waals surface area contributed by atoms with Gasteiger partial charge in [0.05, 0.1) is 16.9 Å². The molecule has 2 aliphatic heterocycles. The third-order valence-electron chi connectivity index (χ3n) is 12.5. The zero-order chi connectivity index (χ0) is 41.0. The van der Waals surface area contributed by atoms with Crippen molar-refractivity contribution in [1.82, 2.24) is 4.98 Å². The first-order valence-electron chi connectivity index (χ1n) is 21.1. The summed E-state index contributed by atoms with van der Waals surface area (Å²) in [6, 6.07) is 26.8. The van der Waals surface area contributed by atoms with Crippen molar-refractivity contribution in [3.8, 4) is 22.6 Å². The number of aryl methyl sites for hydroxylation is 5. The highest BCUT2D eigenvalue weighted by Crippen LogP contribution is 2.54. The van der Waals surface area contributed by atoms with Gasteiger partial charge in [-0.3, -0.25) is 4.90 Å². The minimum absolute atomic E-state index is 0.0260. The fourth-order valence-electron chi connectivity index (χ4n) is 9.37. The van der Waals surface area contributed by atoms with E-state index in [0.29, 0.717) is 18.4 Å². The molecule has 0 bridgehead atoms. The lowest BCUT2D eigenvalue weighted by Crippen LogP contribution is -2.34. The van der Waals surface area contributed by atoms with Gasteiger partial charge in [-0.1, -0.05) is 96.7 Å². The lowest BCUT2D eigenvalue weighted by molar-refractivity contribution is 0.188. The molecule has 1 atom stereocenters. The van der Waals surface area contributed by atoms with E-state index in [9.17, 15) is 0 Å². The molecule has 1 aromatic heterocycles. The number of ether oxygens (including phenoxy) is 2. The van der Waals surface area contributed by atoms with Crippen LogP contribution in [0.15, 0.2) is 84.0 Å². The van der Waals surface area contributed by atoms with E-state index in [0.717, 1.165) is 71.1 Å². The average molecular weight is 762 g/mol. The lowest BCUT2D eigenvalue weighted by Gasteiger charge is -2.42. The summed E-state index contributed by atoms with van der Waals surface area (Å²) in [7, 11) is 0. The van der Waals surface area contributed by atoms with Gasteiger partial charge in [-0.2, -0.15) is 0 Å². The van der Waals surface area contributed by atoms with E-state index in [-0.39, 0.29) is 16.4 Å². The van der Waals surface area contributed by atoms with Crippen molar-refractivity contribution in [3.63, 3.8) is 0 Å².